The van der Waals surface area contributed by atoms with Crippen LogP contribution in [0.25, 0.3) is 78.7 Å². The number of aryl methyl sites for hydroxylation is 4. The van der Waals surface area contributed by atoms with Gasteiger partial charge in [-0.2, -0.15) is 0 Å². The van der Waals surface area contributed by atoms with Crippen molar-refractivity contribution in [1.82, 2.24) is 15.0 Å². The molecule has 0 spiro atoms. The Labute approximate surface area is 331 Å². The zero-order valence-corrected chi connectivity index (χ0v) is 33.5. The van der Waals surface area contributed by atoms with E-state index in [0.717, 1.165) is 98.3 Å². The lowest BCUT2D eigenvalue weighted by Gasteiger charge is -2.09. The fourth-order valence-electron chi connectivity index (χ4n) is 7.42. The number of hydrogen-bond acceptors (Lipinski definition) is 2. The van der Waals surface area contributed by atoms with E-state index in [0.29, 0.717) is 0 Å². The van der Waals surface area contributed by atoms with Crippen LogP contribution in [0.2, 0.25) is 0 Å². The Balaban J connectivity index is 1.51. The number of fused-ring (bicyclic) bond motifs is 8. The molecule has 3 aromatic heterocycles. The Hall–Kier alpha value is -5.56. The number of hydrogen-bond donors (Lipinski definition) is 2. The largest absolute Gasteiger partial charge is 0.354 e. The van der Waals surface area contributed by atoms with Crippen LogP contribution in [0.15, 0.2) is 131 Å². The van der Waals surface area contributed by atoms with E-state index in [4.69, 9.17) is 9.98 Å². The van der Waals surface area contributed by atoms with Gasteiger partial charge in [0.2, 0.25) is 0 Å². The van der Waals surface area contributed by atoms with Crippen LogP contribution in [0.3, 0.4) is 0 Å². The van der Waals surface area contributed by atoms with Gasteiger partial charge in [-0.1, -0.05) is 119 Å². The second-order valence-electron chi connectivity index (χ2n) is 14.2. The van der Waals surface area contributed by atoms with Crippen LogP contribution in [0.1, 0.15) is 39.2 Å². The number of halogens is 2. The fraction of sp³-hybridized carbons (Fsp3) is 0.0833. The predicted molar refractivity (Wildman–Crippen MR) is 236 cm³/mol. The summed E-state index contributed by atoms with van der Waals surface area (Å²) in [5.74, 6) is 0. The van der Waals surface area contributed by atoms with E-state index < -0.39 is 0 Å². The van der Waals surface area contributed by atoms with Gasteiger partial charge in [0.05, 0.1) is 21.5 Å². The summed E-state index contributed by atoms with van der Waals surface area (Å²) in [6.07, 6.45) is 4.30. The molecule has 0 fully saturated rings. The van der Waals surface area contributed by atoms with Gasteiger partial charge in [-0.15, -0.1) is 0 Å². The van der Waals surface area contributed by atoms with E-state index in [9.17, 15) is 0 Å². The molecule has 8 bridgehead atoms. The highest BCUT2D eigenvalue weighted by atomic mass is 79.9. The van der Waals surface area contributed by atoms with E-state index in [1.54, 1.807) is 0 Å². The van der Waals surface area contributed by atoms with Gasteiger partial charge >= 0.3 is 0 Å². The quantitative estimate of drug-likeness (QED) is 0.182. The maximum absolute atomic E-state index is 5.43. The van der Waals surface area contributed by atoms with Gasteiger partial charge in [0, 0.05) is 49.9 Å². The Morgan fingerprint density at radius 2 is 0.722 bits per heavy atom. The number of aromatic amines is 2. The minimum Gasteiger partial charge on any atom is -0.354 e. The second-order valence-corrected chi connectivity index (χ2v) is 15.7. The molecule has 0 saturated heterocycles. The van der Waals surface area contributed by atoms with Gasteiger partial charge in [-0.25, -0.2) is 9.98 Å². The lowest BCUT2D eigenvalue weighted by molar-refractivity contribution is 1.31. The van der Waals surface area contributed by atoms with Crippen molar-refractivity contribution in [2.75, 3.05) is 0 Å². The molecular formula is C48H36Br2N4. The Kier molecular flexibility index (Phi) is 8.68. The van der Waals surface area contributed by atoms with E-state index >= 15 is 0 Å². The Bertz CT molecular complexity index is 2840. The van der Waals surface area contributed by atoms with Gasteiger partial charge in [-0.05, 0) is 118 Å². The molecule has 4 nitrogen and oxygen atoms in total. The predicted octanol–water partition coefficient (Wildman–Crippen LogP) is 14.2. The first-order valence-corrected chi connectivity index (χ1v) is 19.6. The van der Waals surface area contributed by atoms with Crippen LogP contribution in [0.5, 0.6) is 0 Å². The van der Waals surface area contributed by atoms with Gasteiger partial charge in [0.25, 0.3) is 0 Å². The molecule has 0 unspecified atom stereocenters. The number of aromatic nitrogens is 3. The molecule has 2 aliphatic rings. The summed E-state index contributed by atoms with van der Waals surface area (Å²) in [6.45, 7) is 8.47. The van der Waals surface area contributed by atoms with Crippen molar-refractivity contribution in [3.63, 3.8) is 0 Å². The van der Waals surface area contributed by atoms with Crippen LogP contribution in [-0.2, 0) is 0 Å². The van der Waals surface area contributed by atoms with E-state index in [2.05, 4.69) is 203 Å². The molecule has 9 rings (SSSR count). The van der Waals surface area contributed by atoms with Crippen LogP contribution in [0.4, 0.5) is 5.69 Å². The molecule has 2 N–H and O–H groups in total. The normalized spacial score (nSPS) is 12.3. The van der Waals surface area contributed by atoms with Crippen LogP contribution in [-0.4, -0.2) is 19.6 Å². The molecule has 4 aromatic carbocycles. The fourth-order valence-corrected chi connectivity index (χ4v) is 8.94. The third kappa shape index (κ3) is 6.09. The molecular weight excluding hydrogens is 792 g/mol. The summed E-state index contributed by atoms with van der Waals surface area (Å²) in [6, 6.07) is 43.5. The molecule has 0 amide bonds. The minimum absolute atomic E-state index is 0.758. The van der Waals surface area contributed by atoms with Crippen LogP contribution < -0.4 is 0 Å². The van der Waals surface area contributed by atoms with Crippen molar-refractivity contribution in [2.45, 2.75) is 27.7 Å². The summed E-state index contributed by atoms with van der Waals surface area (Å²) in [7, 11) is 0. The van der Waals surface area contributed by atoms with Crippen molar-refractivity contribution in [2.24, 2.45) is 4.99 Å². The molecule has 6 heteroatoms. The zero-order valence-electron chi connectivity index (χ0n) is 30.4. The van der Waals surface area contributed by atoms with Crippen molar-refractivity contribution in [3.8, 4) is 44.5 Å². The highest BCUT2D eigenvalue weighted by molar-refractivity contribution is 9.18. The minimum atomic E-state index is 0.758. The average Bonchev–Trinajstić information content (AvgIpc) is 3.99. The zero-order chi connectivity index (χ0) is 37.1. The lowest BCUT2D eigenvalue weighted by atomic mass is 9.99. The number of benzene rings is 4. The third-order valence-corrected chi connectivity index (χ3v) is 11.6. The first-order valence-electron chi connectivity index (χ1n) is 18.0. The highest BCUT2D eigenvalue weighted by Crippen LogP contribution is 2.48. The van der Waals surface area contributed by atoms with Crippen molar-refractivity contribution >= 4 is 76.4 Å². The summed E-state index contributed by atoms with van der Waals surface area (Å²) >= 11 is 8.08. The SMILES string of the molecule is Cc1ccc(-c2c3nc(c(-c4ccc(C)cc4)c4ccc([nH]4)c(-c4ccc(C)cc4)c4c(Br)c(c(-c5ccc(C)cc5)c5ccc2[nH]5)N=C4Br)C=C3)cc1. The molecule has 262 valence electrons. The highest BCUT2D eigenvalue weighted by Gasteiger charge is 2.25. The number of aliphatic imine (C=N–C) groups is 1. The number of nitrogens with one attached hydrogen (secondary N) is 2. The third-order valence-electron chi connectivity index (χ3n) is 10.3. The molecule has 2 aliphatic heterocycles. The van der Waals surface area contributed by atoms with E-state index in [-0.39, 0.29) is 0 Å². The standard InChI is InChI=1S/C48H36Br2N4/c1-27-5-13-31(14-6-27)41-35-21-22-36(51-35)42(32-15-7-28(2)8-16-32)38-24-26-40(53-38)44(34-19-11-30(4)12-20-34)47-46(49)45(48(50)54-47)43(39-25-23-37(41)52-39)33-17-9-29(3)10-18-33/h5-26,52-53H,1-4H3. The maximum Gasteiger partial charge on any atom is 0.115 e. The number of H-pyrrole nitrogens is 2. The summed E-state index contributed by atoms with van der Waals surface area (Å²) in [4.78, 5) is 18.4. The van der Waals surface area contributed by atoms with Crippen molar-refractivity contribution in [3.05, 3.63) is 165 Å². The first kappa shape index (κ1) is 34.2. The maximum atomic E-state index is 5.43. The molecule has 7 aromatic rings. The van der Waals surface area contributed by atoms with E-state index in [1.807, 2.05) is 0 Å². The Morgan fingerprint density at radius 3 is 1.13 bits per heavy atom. The van der Waals surface area contributed by atoms with Gasteiger partial charge < -0.3 is 9.97 Å². The summed E-state index contributed by atoms with van der Waals surface area (Å²) in [5, 5.41) is 0. The Morgan fingerprint density at radius 1 is 0.389 bits per heavy atom. The molecule has 5 heterocycles. The van der Waals surface area contributed by atoms with Crippen LogP contribution in [0, 0.1) is 27.7 Å². The van der Waals surface area contributed by atoms with Crippen molar-refractivity contribution in [1.29, 1.82) is 0 Å². The second kappa shape index (κ2) is 13.7. The monoisotopic (exact) mass is 826 g/mol. The van der Waals surface area contributed by atoms with Gasteiger partial charge in [0.1, 0.15) is 4.62 Å². The number of rotatable bonds is 4. The number of nitrogens with zero attached hydrogens (tertiary/aromatic N) is 2. The molecule has 0 aliphatic carbocycles. The molecule has 54 heavy (non-hydrogen) atoms. The van der Waals surface area contributed by atoms with Crippen molar-refractivity contribution < 1.29 is 0 Å². The van der Waals surface area contributed by atoms with E-state index in [1.165, 1.54) is 22.3 Å². The topological polar surface area (TPSA) is 56.8 Å². The molecule has 0 radical (unpaired) electrons. The van der Waals surface area contributed by atoms with Gasteiger partial charge in [-0.3, -0.25) is 0 Å². The summed E-state index contributed by atoms with van der Waals surface area (Å²) < 4.78 is 1.67. The lowest BCUT2D eigenvalue weighted by Crippen LogP contribution is -1.92. The van der Waals surface area contributed by atoms with Gasteiger partial charge in [0.15, 0.2) is 0 Å². The smallest absolute Gasteiger partial charge is 0.115 e. The summed E-state index contributed by atoms with van der Waals surface area (Å²) in [5.41, 5.74) is 20.7. The molecule has 0 atom stereocenters. The average molecular weight is 829 g/mol. The molecule has 0 saturated carbocycles. The first-order chi connectivity index (χ1) is 26.2. The van der Waals surface area contributed by atoms with Crippen LogP contribution >= 0.6 is 31.9 Å².